The highest BCUT2D eigenvalue weighted by atomic mass is 16.2. The normalized spacial score (nSPS) is 16.8. The summed E-state index contributed by atoms with van der Waals surface area (Å²) >= 11 is 0. The Labute approximate surface area is 103 Å². The Morgan fingerprint density at radius 2 is 1.94 bits per heavy atom. The molecule has 0 radical (unpaired) electrons. The van der Waals surface area contributed by atoms with Crippen molar-refractivity contribution in [1.82, 2.24) is 25.0 Å². The van der Waals surface area contributed by atoms with Gasteiger partial charge in [0.2, 0.25) is 5.69 Å². The van der Waals surface area contributed by atoms with E-state index < -0.39 is 17.2 Å². The minimum Gasteiger partial charge on any atom is -0.335 e. The summed E-state index contributed by atoms with van der Waals surface area (Å²) in [5, 5.41) is 5.57. The van der Waals surface area contributed by atoms with Crippen molar-refractivity contribution in [2.75, 3.05) is 32.7 Å². The van der Waals surface area contributed by atoms with E-state index in [0.29, 0.717) is 13.1 Å². The van der Waals surface area contributed by atoms with Crippen LogP contribution in [-0.4, -0.2) is 63.6 Å². The highest BCUT2D eigenvalue weighted by Gasteiger charge is 2.24. The summed E-state index contributed by atoms with van der Waals surface area (Å²) in [6.45, 7) is 5.69. The van der Waals surface area contributed by atoms with Gasteiger partial charge in [0.15, 0.2) is 0 Å². The van der Waals surface area contributed by atoms with Gasteiger partial charge in [0.1, 0.15) is 0 Å². The van der Waals surface area contributed by atoms with Crippen LogP contribution in [0.25, 0.3) is 0 Å². The Bertz CT molecular complexity index is 541. The number of amides is 1. The van der Waals surface area contributed by atoms with Crippen molar-refractivity contribution in [2.45, 2.75) is 6.92 Å². The number of likely N-dealkylation sites (N-methyl/N-ethyl adjacent to an activating group) is 1. The molecule has 0 saturated carbocycles. The molecule has 98 valence electrons. The molecule has 1 amide bonds. The molecular formula is C10H15N5O3. The third-order valence-electron chi connectivity index (χ3n) is 3.02. The molecule has 1 aromatic rings. The van der Waals surface area contributed by atoms with Gasteiger partial charge in [0, 0.05) is 26.2 Å². The Hall–Kier alpha value is -1.96. The number of nitrogens with one attached hydrogen (secondary N) is 2. The van der Waals surface area contributed by atoms with E-state index in [2.05, 4.69) is 22.0 Å². The fraction of sp³-hybridized carbons (Fsp3) is 0.600. The summed E-state index contributed by atoms with van der Waals surface area (Å²) in [5.41, 5.74) is -1.73. The van der Waals surface area contributed by atoms with Crippen LogP contribution in [0.15, 0.2) is 9.59 Å². The van der Waals surface area contributed by atoms with Crippen LogP contribution in [0.4, 0.5) is 0 Å². The largest absolute Gasteiger partial charge is 0.342 e. The monoisotopic (exact) mass is 253 g/mol. The summed E-state index contributed by atoms with van der Waals surface area (Å²) in [6, 6.07) is 0. The van der Waals surface area contributed by atoms with Crippen LogP contribution < -0.4 is 11.2 Å². The second-order valence-electron chi connectivity index (χ2n) is 4.08. The van der Waals surface area contributed by atoms with Gasteiger partial charge in [-0.1, -0.05) is 6.92 Å². The van der Waals surface area contributed by atoms with Crippen LogP contribution >= 0.6 is 0 Å². The molecule has 1 aromatic heterocycles. The number of hydrogen-bond donors (Lipinski definition) is 2. The van der Waals surface area contributed by atoms with E-state index in [1.807, 2.05) is 4.98 Å². The molecule has 0 aliphatic carbocycles. The number of aromatic amines is 2. The van der Waals surface area contributed by atoms with Crippen LogP contribution in [-0.2, 0) is 0 Å². The number of piperazine rings is 1. The fourth-order valence-corrected chi connectivity index (χ4v) is 1.91. The second kappa shape index (κ2) is 5.13. The molecule has 2 rings (SSSR count). The van der Waals surface area contributed by atoms with Crippen LogP contribution in [0, 0.1) is 0 Å². The van der Waals surface area contributed by atoms with Gasteiger partial charge < -0.3 is 9.80 Å². The number of aromatic nitrogens is 3. The lowest BCUT2D eigenvalue weighted by molar-refractivity contribution is 0.0634. The first kappa shape index (κ1) is 12.5. The van der Waals surface area contributed by atoms with Gasteiger partial charge in [0.25, 0.3) is 11.5 Å². The SMILES string of the molecule is CCN1CCN(C(=O)c2n[nH]c(=O)[nH]c2=O)CC1. The zero-order valence-electron chi connectivity index (χ0n) is 10.1. The number of H-pyrrole nitrogens is 2. The molecule has 1 saturated heterocycles. The lowest BCUT2D eigenvalue weighted by Gasteiger charge is -2.33. The van der Waals surface area contributed by atoms with Gasteiger partial charge in [-0.3, -0.25) is 14.6 Å². The van der Waals surface area contributed by atoms with Crippen LogP contribution in [0.3, 0.4) is 0 Å². The maximum absolute atomic E-state index is 12.0. The zero-order valence-corrected chi connectivity index (χ0v) is 10.1. The molecule has 1 fully saturated rings. The lowest BCUT2D eigenvalue weighted by Crippen LogP contribution is -2.50. The Morgan fingerprint density at radius 1 is 1.28 bits per heavy atom. The van der Waals surface area contributed by atoms with Crippen molar-refractivity contribution in [3.05, 3.63) is 26.5 Å². The minimum absolute atomic E-state index is 0.264. The maximum atomic E-state index is 12.0. The van der Waals surface area contributed by atoms with Crippen LogP contribution in [0.1, 0.15) is 17.4 Å². The second-order valence-corrected chi connectivity index (χ2v) is 4.08. The van der Waals surface area contributed by atoms with Crippen molar-refractivity contribution >= 4 is 5.91 Å². The Morgan fingerprint density at radius 3 is 2.50 bits per heavy atom. The molecule has 1 aliphatic rings. The van der Waals surface area contributed by atoms with Crippen molar-refractivity contribution in [3.8, 4) is 0 Å². The van der Waals surface area contributed by atoms with Gasteiger partial charge in [-0.05, 0) is 6.54 Å². The van der Waals surface area contributed by atoms with Crippen LogP contribution in [0.2, 0.25) is 0 Å². The topological polar surface area (TPSA) is 102 Å². The van der Waals surface area contributed by atoms with E-state index in [-0.39, 0.29) is 5.69 Å². The van der Waals surface area contributed by atoms with E-state index in [9.17, 15) is 14.4 Å². The molecular weight excluding hydrogens is 238 g/mol. The number of nitrogens with zero attached hydrogens (tertiary/aromatic N) is 3. The number of hydrogen-bond acceptors (Lipinski definition) is 5. The maximum Gasteiger partial charge on any atom is 0.342 e. The highest BCUT2D eigenvalue weighted by molar-refractivity contribution is 5.91. The highest BCUT2D eigenvalue weighted by Crippen LogP contribution is 2.03. The standard InChI is InChI=1S/C10H15N5O3/c1-2-14-3-5-15(6-4-14)9(17)7-8(16)11-10(18)13-12-7/h2-6H2,1H3,(H2,11,13,16,18). The van der Waals surface area contributed by atoms with Gasteiger partial charge in [0.05, 0.1) is 0 Å². The van der Waals surface area contributed by atoms with Crippen LogP contribution in [0.5, 0.6) is 0 Å². The Balaban J connectivity index is 2.13. The predicted octanol–water partition coefficient (Wildman–Crippen LogP) is -1.76. The summed E-state index contributed by atoms with van der Waals surface area (Å²) < 4.78 is 0. The molecule has 0 unspecified atom stereocenters. The van der Waals surface area contributed by atoms with Crippen molar-refractivity contribution in [2.24, 2.45) is 0 Å². The van der Waals surface area contributed by atoms with Crippen molar-refractivity contribution in [3.63, 3.8) is 0 Å². The third kappa shape index (κ3) is 2.48. The quantitative estimate of drug-likeness (QED) is 0.650. The summed E-state index contributed by atoms with van der Waals surface area (Å²) in [5.74, 6) is -0.441. The van der Waals surface area contributed by atoms with Gasteiger partial charge in [-0.25, -0.2) is 9.89 Å². The molecule has 2 N–H and O–H groups in total. The molecule has 1 aliphatic heterocycles. The summed E-state index contributed by atoms with van der Waals surface area (Å²) in [4.78, 5) is 40.1. The lowest BCUT2D eigenvalue weighted by atomic mass is 10.3. The number of rotatable bonds is 2. The average molecular weight is 253 g/mol. The molecule has 0 spiro atoms. The zero-order chi connectivity index (χ0) is 13.1. The van der Waals surface area contributed by atoms with Gasteiger partial charge in [-0.15, -0.1) is 0 Å². The first-order valence-electron chi connectivity index (χ1n) is 5.82. The summed E-state index contributed by atoms with van der Waals surface area (Å²) in [7, 11) is 0. The molecule has 0 atom stereocenters. The van der Waals surface area contributed by atoms with Gasteiger partial charge in [-0.2, -0.15) is 5.10 Å². The van der Waals surface area contributed by atoms with Crippen molar-refractivity contribution in [1.29, 1.82) is 0 Å². The smallest absolute Gasteiger partial charge is 0.335 e. The van der Waals surface area contributed by atoms with E-state index >= 15 is 0 Å². The average Bonchev–Trinajstić information content (AvgIpc) is 2.38. The third-order valence-corrected chi connectivity index (χ3v) is 3.02. The molecule has 8 heteroatoms. The molecule has 0 bridgehead atoms. The van der Waals surface area contributed by atoms with E-state index in [1.165, 1.54) is 0 Å². The first-order valence-corrected chi connectivity index (χ1v) is 5.82. The fourth-order valence-electron chi connectivity index (χ4n) is 1.91. The van der Waals surface area contributed by atoms with Gasteiger partial charge >= 0.3 is 5.69 Å². The van der Waals surface area contributed by atoms with E-state index in [0.717, 1.165) is 19.6 Å². The molecule has 18 heavy (non-hydrogen) atoms. The molecule has 0 aromatic carbocycles. The van der Waals surface area contributed by atoms with E-state index in [4.69, 9.17) is 0 Å². The predicted molar refractivity (Wildman–Crippen MR) is 63.5 cm³/mol. The molecule has 8 nitrogen and oxygen atoms in total. The first-order chi connectivity index (χ1) is 8.61. The minimum atomic E-state index is -0.748. The Kier molecular flexibility index (Phi) is 3.56. The number of carbonyl (C=O) groups is 1. The number of carbonyl (C=O) groups excluding carboxylic acids is 1. The summed E-state index contributed by atoms with van der Waals surface area (Å²) in [6.07, 6.45) is 0. The van der Waals surface area contributed by atoms with E-state index in [1.54, 1.807) is 4.90 Å². The molecule has 2 heterocycles. The van der Waals surface area contributed by atoms with Crippen molar-refractivity contribution < 1.29 is 4.79 Å².